The minimum absolute atomic E-state index is 0.281. The first kappa shape index (κ1) is 16.7. The van der Waals surface area contributed by atoms with Crippen LogP contribution < -0.4 is 0 Å². The molecule has 0 bridgehead atoms. The van der Waals surface area contributed by atoms with Crippen molar-refractivity contribution >= 4 is 5.97 Å². The van der Waals surface area contributed by atoms with Crippen LogP contribution in [-0.2, 0) is 22.6 Å². The van der Waals surface area contributed by atoms with Gasteiger partial charge in [-0.3, -0.25) is 4.90 Å². The molecule has 1 aliphatic rings. The Morgan fingerprint density at radius 3 is 2.42 bits per heavy atom. The summed E-state index contributed by atoms with van der Waals surface area (Å²) in [6.07, 6.45) is 0. The highest BCUT2D eigenvalue weighted by Crippen LogP contribution is 2.15. The van der Waals surface area contributed by atoms with Gasteiger partial charge in [-0.05, 0) is 30.2 Å². The molecule has 3 rings (SSSR count). The first-order chi connectivity index (χ1) is 11.7. The van der Waals surface area contributed by atoms with Gasteiger partial charge in [0.15, 0.2) is 0 Å². The Bertz CT molecular complexity index is 676. The summed E-state index contributed by atoms with van der Waals surface area (Å²) >= 11 is 0. The van der Waals surface area contributed by atoms with E-state index >= 15 is 0 Å². The first-order valence-corrected chi connectivity index (χ1v) is 8.33. The number of benzene rings is 2. The molecule has 0 aliphatic carbocycles. The maximum Gasteiger partial charge on any atom is 0.338 e. The van der Waals surface area contributed by atoms with Crippen molar-refractivity contribution < 1.29 is 14.3 Å². The smallest absolute Gasteiger partial charge is 0.338 e. The Hall–Kier alpha value is -2.17. The van der Waals surface area contributed by atoms with E-state index < -0.39 is 0 Å². The molecule has 1 fully saturated rings. The summed E-state index contributed by atoms with van der Waals surface area (Å²) in [7, 11) is 0. The Morgan fingerprint density at radius 2 is 1.71 bits per heavy atom. The number of aryl methyl sites for hydroxylation is 1. The lowest BCUT2D eigenvalue weighted by atomic mass is 10.1. The molecule has 4 nitrogen and oxygen atoms in total. The Balaban J connectivity index is 1.62. The summed E-state index contributed by atoms with van der Waals surface area (Å²) in [5.41, 5.74) is 3.98. The fourth-order valence-electron chi connectivity index (χ4n) is 2.77. The molecular weight excluding hydrogens is 302 g/mol. The van der Waals surface area contributed by atoms with Crippen LogP contribution in [0.1, 0.15) is 27.0 Å². The van der Waals surface area contributed by atoms with Gasteiger partial charge in [0.2, 0.25) is 0 Å². The van der Waals surface area contributed by atoms with Crippen LogP contribution in [0, 0.1) is 6.92 Å². The van der Waals surface area contributed by atoms with Crippen LogP contribution in [-0.4, -0.2) is 37.2 Å². The lowest BCUT2D eigenvalue weighted by Crippen LogP contribution is -2.35. The van der Waals surface area contributed by atoms with Crippen LogP contribution >= 0.6 is 0 Å². The van der Waals surface area contributed by atoms with Crippen molar-refractivity contribution in [2.75, 3.05) is 26.3 Å². The summed E-state index contributed by atoms with van der Waals surface area (Å²) in [6, 6.07) is 15.6. The van der Waals surface area contributed by atoms with Gasteiger partial charge in [0.05, 0.1) is 18.8 Å². The van der Waals surface area contributed by atoms with E-state index in [1.807, 2.05) is 37.3 Å². The number of nitrogens with zero attached hydrogens (tertiary/aromatic N) is 1. The molecule has 0 atom stereocenters. The molecular formula is C20H23NO3. The minimum atomic E-state index is -0.281. The van der Waals surface area contributed by atoms with Crippen molar-refractivity contribution in [3.8, 4) is 0 Å². The van der Waals surface area contributed by atoms with Gasteiger partial charge >= 0.3 is 5.97 Å². The summed E-state index contributed by atoms with van der Waals surface area (Å²) in [4.78, 5) is 14.5. The van der Waals surface area contributed by atoms with E-state index in [1.165, 1.54) is 5.56 Å². The molecule has 1 aliphatic heterocycles. The third-order valence-corrected chi connectivity index (χ3v) is 4.26. The fourth-order valence-corrected chi connectivity index (χ4v) is 2.77. The topological polar surface area (TPSA) is 38.8 Å². The van der Waals surface area contributed by atoms with Gasteiger partial charge in [-0.25, -0.2) is 4.79 Å². The normalized spacial score (nSPS) is 15.2. The van der Waals surface area contributed by atoms with Crippen molar-refractivity contribution in [1.82, 2.24) is 4.90 Å². The van der Waals surface area contributed by atoms with E-state index in [-0.39, 0.29) is 5.97 Å². The second-order valence-corrected chi connectivity index (χ2v) is 6.10. The molecule has 0 unspecified atom stereocenters. The van der Waals surface area contributed by atoms with Crippen LogP contribution in [0.4, 0.5) is 0 Å². The molecule has 0 radical (unpaired) electrons. The number of hydrogen-bond acceptors (Lipinski definition) is 4. The van der Waals surface area contributed by atoms with Gasteiger partial charge in [-0.2, -0.15) is 0 Å². The van der Waals surface area contributed by atoms with Crippen molar-refractivity contribution in [3.05, 3.63) is 70.8 Å². The summed E-state index contributed by atoms with van der Waals surface area (Å²) < 4.78 is 10.9. The van der Waals surface area contributed by atoms with Gasteiger partial charge in [0.1, 0.15) is 6.61 Å². The zero-order valence-electron chi connectivity index (χ0n) is 14.0. The van der Waals surface area contributed by atoms with E-state index in [0.29, 0.717) is 12.2 Å². The van der Waals surface area contributed by atoms with Gasteiger partial charge in [0.25, 0.3) is 0 Å². The zero-order chi connectivity index (χ0) is 16.8. The molecule has 1 heterocycles. The number of morpholine rings is 1. The van der Waals surface area contributed by atoms with Gasteiger partial charge < -0.3 is 9.47 Å². The van der Waals surface area contributed by atoms with Crippen LogP contribution in [0.15, 0.2) is 48.5 Å². The van der Waals surface area contributed by atoms with E-state index in [9.17, 15) is 4.79 Å². The SMILES string of the molecule is Cc1ccc(C(=O)OCc2ccccc2CN2CCOCC2)cc1. The Kier molecular flexibility index (Phi) is 5.62. The standard InChI is InChI=1S/C20H23NO3/c1-16-6-8-17(9-7-16)20(22)24-15-19-5-3-2-4-18(19)14-21-10-12-23-13-11-21/h2-9H,10-15H2,1H3. The average molecular weight is 325 g/mol. The third kappa shape index (κ3) is 4.43. The molecule has 2 aromatic rings. The van der Waals surface area contributed by atoms with Crippen LogP contribution in [0.3, 0.4) is 0 Å². The number of carbonyl (C=O) groups excluding carboxylic acids is 1. The largest absolute Gasteiger partial charge is 0.457 e. The van der Waals surface area contributed by atoms with Crippen molar-refractivity contribution in [3.63, 3.8) is 0 Å². The first-order valence-electron chi connectivity index (χ1n) is 8.33. The molecule has 1 saturated heterocycles. The van der Waals surface area contributed by atoms with Crippen molar-refractivity contribution in [2.24, 2.45) is 0 Å². The number of esters is 1. The summed E-state index contributed by atoms with van der Waals surface area (Å²) in [6.45, 7) is 6.61. The van der Waals surface area contributed by atoms with Gasteiger partial charge in [-0.1, -0.05) is 42.0 Å². The third-order valence-electron chi connectivity index (χ3n) is 4.26. The maximum atomic E-state index is 12.2. The number of hydrogen-bond donors (Lipinski definition) is 0. The fraction of sp³-hybridized carbons (Fsp3) is 0.350. The van der Waals surface area contributed by atoms with E-state index in [1.54, 1.807) is 12.1 Å². The second kappa shape index (κ2) is 8.08. The van der Waals surface area contributed by atoms with Crippen LogP contribution in [0.25, 0.3) is 0 Å². The molecule has 126 valence electrons. The van der Waals surface area contributed by atoms with Crippen LogP contribution in [0.5, 0.6) is 0 Å². The highest BCUT2D eigenvalue weighted by molar-refractivity contribution is 5.89. The highest BCUT2D eigenvalue weighted by Gasteiger charge is 2.14. The van der Waals surface area contributed by atoms with Crippen molar-refractivity contribution in [1.29, 1.82) is 0 Å². The zero-order valence-corrected chi connectivity index (χ0v) is 14.0. The summed E-state index contributed by atoms with van der Waals surface area (Å²) in [5.74, 6) is -0.281. The van der Waals surface area contributed by atoms with Crippen LogP contribution in [0.2, 0.25) is 0 Å². The molecule has 2 aromatic carbocycles. The predicted molar refractivity (Wildman–Crippen MR) is 92.8 cm³/mol. The number of carbonyl (C=O) groups is 1. The Morgan fingerprint density at radius 1 is 1.04 bits per heavy atom. The Labute approximate surface area is 143 Å². The van der Waals surface area contributed by atoms with E-state index in [4.69, 9.17) is 9.47 Å². The quantitative estimate of drug-likeness (QED) is 0.792. The maximum absolute atomic E-state index is 12.2. The number of ether oxygens (including phenoxy) is 2. The average Bonchev–Trinajstić information content (AvgIpc) is 2.62. The van der Waals surface area contributed by atoms with E-state index in [0.717, 1.165) is 44.0 Å². The number of rotatable bonds is 5. The van der Waals surface area contributed by atoms with Gasteiger partial charge in [0, 0.05) is 19.6 Å². The summed E-state index contributed by atoms with van der Waals surface area (Å²) in [5, 5.41) is 0. The predicted octanol–water partition coefficient (Wildman–Crippen LogP) is 3.18. The molecule has 0 amide bonds. The molecule has 24 heavy (non-hydrogen) atoms. The molecule has 0 saturated carbocycles. The molecule has 4 heteroatoms. The van der Waals surface area contributed by atoms with E-state index in [2.05, 4.69) is 11.0 Å². The second-order valence-electron chi connectivity index (χ2n) is 6.10. The molecule has 0 aromatic heterocycles. The minimum Gasteiger partial charge on any atom is -0.457 e. The lowest BCUT2D eigenvalue weighted by molar-refractivity contribution is 0.0335. The monoisotopic (exact) mass is 325 g/mol. The molecule has 0 spiro atoms. The van der Waals surface area contributed by atoms with Gasteiger partial charge in [-0.15, -0.1) is 0 Å². The highest BCUT2D eigenvalue weighted by atomic mass is 16.5. The lowest BCUT2D eigenvalue weighted by Gasteiger charge is -2.27. The van der Waals surface area contributed by atoms with Crippen molar-refractivity contribution in [2.45, 2.75) is 20.1 Å². The molecule has 0 N–H and O–H groups in total.